The molecule has 0 aliphatic carbocycles. The van der Waals surface area contributed by atoms with Crippen LogP contribution < -0.4 is 0 Å². The van der Waals surface area contributed by atoms with Gasteiger partial charge in [-0.25, -0.2) is 9.13 Å². The Morgan fingerprint density at radius 1 is 0.299 bits per heavy atom. The molecule has 19 heteroatoms. The van der Waals surface area contributed by atoms with Crippen molar-refractivity contribution in [3.8, 4) is 0 Å². The van der Waals surface area contributed by atoms with Gasteiger partial charge >= 0.3 is 39.5 Å². The third kappa shape index (κ3) is 70.9. The number of aliphatic hydroxyl groups excluding tert-OH is 1. The van der Waals surface area contributed by atoms with Gasteiger partial charge in [-0.1, -0.05) is 356 Å². The first-order valence-corrected chi connectivity index (χ1v) is 43.5. The Labute approximate surface area is 594 Å². The molecule has 0 bridgehead atoms. The van der Waals surface area contributed by atoms with Crippen molar-refractivity contribution in [2.45, 2.75) is 426 Å². The third-order valence-corrected chi connectivity index (χ3v) is 20.5. The normalized spacial score (nSPS) is 14.2. The van der Waals surface area contributed by atoms with Crippen LogP contribution in [0.3, 0.4) is 0 Å². The molecule has 576 valence electrons. The number of rotatable bonds is 77. The second kappa shape index (κ2) is 69.8. The summed E-state index contributed by atoms with van der Waals surface area (Å²) in [6, 6.07) is 0. The second-order valence-corrected chi connectivity index (χ2v) is 31.7. The van der Waals surface area contributed by atoms with Gasteiger partial charge in [0.2, 0.25) is 0 Å². The topological polar surface area (TPSA) is 237 Å². The number of unbranched alkanes of at least 4 members (excludes halogenated alkanes) is 46. The highest BCUT2D eigenvalue weighted by molar-refractivity contribution is 7.47. The lowest BCUT2D eigenvalue weighted by Crippen LogP contribution is -2.30. The van der Waals surface area contributed by atoms with E-state index in [0.29, 0.717) is 25.7 Å². The molecule has 0 amide bonds. The van der Waals surface area contributed by atoms with Gasteiger partial charge in [0.1, 0.15) is 19.3 Å². The zero-order chi connectivity index (χ0) is 71.4. The number of esters is 4. The molecule has 6 atom stereocenters. The molecule has 3 unspecified atom stereocenters. The molecule has 17 nitrogen and oxygen atoms in total. The molecule has 0 aliphatic heterocycles. The molecule has 0 spiro atoms. The standard InChI is InChI=1S/C78H152O17P2/c1-7-10-12-14-16-18-19-20-21-22-26-29-32-36-43-49-55-61-76(81)89-67-73(94-77(82)62-56-50-44-37-33-30-27-24-23-25-28-31-35-40-46-52-58-70(4)5)68-92-96(84,85)90-64-72(79)65-91-97(86,87)93-69-74(66-88-75(80)60-54-48-42-34-17-15-13-11-8-2)95-78(83)63-57-51-45-39-38-41-47-53-59-71(6)9-3/h70-74,79H,7-69H2,1-6H3,(H,84,85)(H,86,87)/t71?,72-,73-,74-/m1/s1. The zero-order valence-electron chi connectivity index (χ0n) is 63.4. The van der Waals surface area contributed by atoms with Crippen LogP contribution >= 0.6 is 15.6 Å². The van der Waals surface area contributed by atoms with E-state index in [4.69, 9.17) is 37.0 Å². The predicted octanol–water partition coefficient (Wildman–Crippen LogP) is 23.1. The van der Waals surface area contributed by atoms with Crippen LogP contribution in [0.15, 0.2) is 0 Å². The molecule has 0 aromatic rings. The molecule has 3 N–H and O–H groups in total. The summed E-state index contributed by atoms with van der Waals surface area (Å²) in [5.74, 6) is -0.536. The van der Waals surface area contributed by atoms with E-state index in [1.54, 1.807) is 0 Å². The number of ether oxygens (including phenoxy) is 4. The Balaban J connectivity index is 5.22. The van der Waals surface area contributed by atoms with E-state index in [9.17, 15) is 43.2 Å². The minimum Gasteiger partial charge on any atom is -0.462 e. The van der Waals surface area contributed by atoms with Crippen molar-refractivity contribution in [2.24, 2.45) is 11.8 Å². The van der Waals surface area contributed by atoms with Gasteiger partial charge in [0.05, 0.1) is 26.4 Å². The molecule has 0 aliphatic rings. The van der Waals surface area contributed by atoms with Gasteiger partial charge in [-0.3, -0.25) is 37.3 Å². The Hall–Kier alpha value is -1.94. The summed E-state index contributed by atoms with van der Waals surface area (Å²) >= 11 is 0. The lowest BCUT2D eigenvalue weighted by atomic mass is 9.99. The third-order valence-electron chi connectivity index (χ3n) is 18.6. The van der Waals surface area contributed by atoms with Crippen molar-refractivity contribution in [2.75, 3.05) is 39.6 Å². The summed E-state index contributed by atoms with van der Waals surface area (Å²) in [4.78, 5) is 72.8. The van der Waals surface area contributed by atoms with Crippen LogP contribution in [0.5, 0.6) is 0 Å². The van der Waals surface area contributed by atoms with Crippen LogP contribution in [0.25, 0.3) is 0 Å². The van der Waals surface area contributed by atoms with Crippen molar-refractivity contribution in [3.63, 3.8) is 0 Å². The van der Waals surface area contributed by atoms with Gasteiger partial charge in [-0.05, 0) is 37.5 Å². The summed E-state index contributed by atoms with van der Waals surface area (Å²) in [6.07, 6.45) is 58.3. The number of carbonyl (C=O) groups is 4. The first-order chi connectivity index (χ1) is 46.9. The highest BCUT2D eigenvalue weighted by Crippen LogP contribution is 2.45. The van der Waals surface area contributed by atoms with Gasteiger partial charge in [-0.15, -0.1) is 0 Å². The van der Waals surface area contributed by atoms with E-state index in [0.717, 1.165) is 102 Å². The molecule has 0 rings (SSSR count). The first-order valence-electron chi connectivity index (χ1n) is 40.5. The number of hydrogen-bond donors (Lipinski definition) is 3. The van der Waals surface area contributed by atoms with Gasteiger partial charge in [0.25, 0.3) is 0 Å². The summed E-state index contributed by atoms with van der Waals surface area (Å²) in [7, 11) is -9.91. The monoisotopic (exact) mass is 1420 g/mol. The van der Waals surface area contributed by atoms with Crippen LogP contribution in [0.1, 0.15) is 408 Å². The smallest absolute Gasteiger partial charge is 0.462 e. The highest BCUT2D eigenvalue weighted by atomic mass is 31.2. The summed E-state index contributed by atoms with van der Waals surface area (Å²) in [5, 5.41) is 10.6. The first kappa shape index (κ1) is 95.1. The van der Waals surface area contributed by atoms with Crippen LogP contribution in [0.4, 0.5) is 0 Å². The molecular formula is C78H152O17P2. The van der Waals surface area contributed by atoms with Crippen molar-refractivity contribution >= 4 is 39.5 Å². The quantitative estimate of drug-likeness (QED) is 0.0222. The maximum Gasteiger partial charge on any atom is 0.472 e. The van der Waals surface area contributed by atoms with Gasteiger partial charge in [0.15, 0.2) is 12.2 Å². The maximum atomic E-state index is 13.1. The minimum atomic E-state index is -4.96. The number of hydrogen-bond acceptors (Lipinski definition) is 15. The molecule has 0 aromatic carbocycles. The fourth-order valence-corrected chi connectivity index (χ4v) is 13.6. The van der Waals surface area contributed by atoms with Crippen molar-refractivity contribution in [1.29, 1.82) is 0 Å². The molecule has 0 heterocycles. The van der Waals surface area contributed by atoms with Crippen LogP contribution in [0, 0.1) is 11.8 Å². The van der Waals surface area contributed by atoms with E-state index < -0.39 is 97.5 Å². The molecule has 97 heavy (non-hydrogen) atoms. The molecule has 0 saturated heterocycles. The number of phosphoric acid groups is 2. The minimum absolute atomic E-state index is 0.105. The molecule has 0 fully saturated rings. The Bertz CT molecular complexity index is 1870. The number of aliphatic hydroxyl groups is 1. The van der Waals surface area contributed by atoms with E-state index in [1.807, 2.05) is 0 Å². The van der Waals surface area contributed by atoms with Crippen LogP contribution in [-0.4, -0.2) is 96.7 Å². The number of phosphoric ester groups is 2. The number of carbonyl (C=O) groups excluding carboxylic acids is 4. The summed E-state index contributed by atoms with van der Waals surface area (Å²) < 4.78 is 68.6. The molecule has 0 saturated carbocycles. The van der Waals surface area contributed by atoms with E-state index in [2.05, 4.69) is 41.5 Å². The fraction of sp³-hybridized carbons (Fsp3) is 0.949. The Morgan fingerprint density at radius 2 is 0.526 bits per heavy atom. The van der Waals surface area contributed by atoms with E-state index in [-0.39, 0.29) is 25.7 Å². The van der Waals surface area contributed by atoms with Crippen LogP contribution in [0.2, 0.25) is 0 Å². The van der Waals surface area contributed by atoms with Crippen molar-refractivity contribution in [3.05, 3.63) is 0 Å². The van der Waals surface area contributed by atoms with Crippen molar-refractivity contribution < 1.29 is 80.2 Å². The predicted molar refractivity (Wildman–Crippen MR) is 395 cm³/mol. The second-order valence-electron chi connectivity index (χ2n) is 28.8. The summed E-state index contributed by atoms with van der Waals surface area (Å²) in [5.41, 5.74) is 0. The van der Waals surface area contributed by atoms with Gasteiger partial charge in [-0.2, -0.15) is 0 Å². The average Bonchev–Trinajstić information content (AvgIpc) is 1.24. The maximum absolute atomic E-state index is 13.1. The zero-order valence-corrected chi connectivity index (χ0v) is 65.2. The summed E-state index contributed by atoms with van der Waals surface area (Å²) in [6.45, 7) is 9.62. The van der Waals surface area contributed by atoms with Gasteiger partial charge < -0.3 is 33.8 Å². The highest BCUT2D eigenvalue weighted by Gasteiger charge is 2.30. The largest absolute Gasteiger partial charge is 0.472 e. The Kier molecular flexibility index (Phi) is 68.4. The lowest BCUT2D eigenvalue weighted by molar-refractivity contribution is -0.161. The molecule has 0 radical (unpaired) electrons. The van der Waals surface area contributed by atoms with E-state index >= 15 is 0 Å². The Morgan fingerprint density at radius 3 is 0.784 bits per heavy atom. The molecular weight excluding hydrogens is 1270 g/mol. The molecule has 0 aromatic heterocycles. The fourth-order valence-electron chi connectivity index (χ4n) is 12.0. The SMILES string of the molecule is CCCCCCCCCCCCCCCCCCCC(=O)OC[C@H](COP(=O)(O)OC[C@@H](O)COP(=O)(O)OC[C@@H](COC(=O)CCCCCCCCCCC)OC(=O)CCCCCCCCCCC(C)CC)OC(=O)CCCCCCCCCCCCCCCCCCC(C)C. The van der Waals surface area contributed by atoms with Crippen LogP contribution in [-0.2, 0) is 65.4 Å². The van der Waals surface area contributed by atoms with E-state index in [1.165, 1.54) is 225 Å². The van der Waals surface area contributed by atoms with Gasteiger partial charge in [0, 0.05) is 25.7 Å². The van der Waals surface area contributed by atoms with Crippen molar-refractivity contribution in [1.82, 2.24) is 0 Å². The average molecular weight is 1420 g/mol. The lowest BCUT2D eigenvalue weighted by Gasteiger charge is -2.21.